The van der Waals surface area contributed by atoms with Crippen LogP contribution in [0.25, 0.3) is 0 Å². The lowest BCUT2D eigenvalue weighted by molar-refractivity contribution is 0.299. The molecule has 0 unspecified atom stereocenters. The first-order chi connectivity index (χ1) is 6.51. The molecule has 1 rings (SSSR count). The molecule has 76 valence electrons. The highest BCUT2D eigenvalue weighted by Crippen LogP contribution is 2.36. The smallest absolute Gasteiger partial charge is 0.133 e. The number of allylic oxidation sites excluding steroid dienone is 3. The lowest BCUT2D eigenvalue weighted by Crippen LogP contribution is -2.14. The third kappa shape index (κ3) is 2.10. The van der Waals surface area contributed by atoms with Gasteiger partial charge in [0.15, 0.2) is 0 Å². The Morgan fingerprint density at radius 3 is 2.64 bits per heavy atom. The van der Waals surface area contributed by atoms with Gasteiger partial charge in [0.1, 0.15) is 5.76 Å². The topological polar surface area (TPSA) is 33.0 Å². The first-order valence-electron chi connectivity index (χ1n) is 4.56. The molecule has 1 aliphatic carbocycles. The highest BCUT2D eigenvalue weighted by molar-refractivity contribution is 6.30. The Labute approximate surface area is 89.8 Å². The highest BCUT2D eigenvalue weighted by atomic mass is 35.5. The van der Waals surface area contributed by atoms with Crippen molar-refractivity contribution in [1.82, 2.24) is 0 Å². The molecule has 0 amide bonds. The van der Waals surface area contributed by atoms with Gasteiger partial charge in [-0.1, -0.05) is 11.6 Å². The highest BCUT2D eigenvalue weighted by Gasteiger charge is 2.26. The molecule has 0 radical (unpaired) electrons. The van der Waals surface area contributed by atoms with Crippen molar-refractivity contribution in [3.05, 3.63) is 22.4 Å². The van der Waals surface area contributed by atoms with Gasteiger partial charge in [0.2, 0.25) is 0 Å². The minimum atomic E-state index is -0.429. The number of rotatable bonds is 2. The minimum Gasteiger partial charge on any atom is -0.496 e. The first kappa shape index (κ1) is 11.1. The van der Waals surface area contributed by atoms with Crippen LogP contribution < -0.4 is 0 Å². The van der Waals surface area contributed by atoms with Crippen LogP contribution in [0.15, 0.2) is 22.4 Å². The summed E-state index contributed by atoms with van der Waals surface area (Å²) in [5.74, 6) is 0.691. The SMILES string of the molecule is COC1=C(Cl)CCC(C(C)(C)C#N)=C1. The fraction of sp³-hybridized carbons (Fsp3) is 0.545. The van der Waals surface area contributed by atoms with Crippen molar-refractivity contribution >= 4 is 11.6 Å². The molecule has 0 N–H and O–H groups in total. The molecule has 0 aromatic rings. The van der Waals surface area contributed by atoms with Crippen molar-refractivity contribution in [2.24, 2.45) is 5.41 Å². The van der Waals surface area contributed by atoms with Gasteiger partial charge < -0.3 is 4.74 Å². The van der Waals surface area contributed by atoms with E-state index < -0.39 is 5.41 Å². The van der Waals surface area contributed by atoms with Crippen molar-refractivity contribution < 1.29 is 4.74 Å². The average Bonchev–Trinajstić information content (AvgIpc) is 2.18. The number of nitriles is 1. The summed E-state index contributed by atoms with van der Waals surface area (Å²) in [5, 5.41) is 9.73. The summed E-state index contributed by atoms with van der Waals surface area (Å²) in [4.78, 5) is 0. The quantitative estimate of drug-likeness (QED) is 0.702. The Morgan fingerprint density at radius 2 is 2.14 bits per heavy atom. The number of hydrogen-bond donors (Lipinski definition) is 0. The number of hydrogen-bond acceptors (Lipinski definition) is 2. The second-order valence-corrected chi connectivity index (χ2v) is 4.34. The van der Waals surface area contributed by atoms with E-state index in [2.05, 4.69) is 6.07 Å². The fourth-order valence-electron chi connectivity index (χ4n) is 1.41. The van der Waals surface area contributed by atoms with Gasteiger partial charge in [0.25, 0.3) is 0 Å². The molecule has 2 nitrogen and oxygen atoms in total. The standard InChI is InChI=1S/C11H14ClNO/c1-11(2,7-13)8-4-5-9(12)10(6-8)14-3/h6H,4-5H2,1-3H3. The van der Waals surface area contributed by atoms with Crippen LogP contribution in [0.2, 0.25) is 0 Å². The molecule has 0 bridgehead atoms. The van der Waals surface area contributed by atoms with Gasteiger partial charge in [-0.2, -0.15) is 5.26 Å². The number of halogens is 1. The van der Waals surface area contributed by atoms with Gasteiger partial charge in [0.05, 0.1) is 23.6 Å². The normalized spacial score (nSPS) is 17.5. The summed E-state index contributed by atoms with van der Waals surface area (Å²) in [6.45, 7) is 3.82. The van der Waals surface area contributed by atoms with E-state index in [-0.39, 0.29) is 0 Å². The number of ether oxygens (including phenoxy) is 1. The second-order valence-electron chi connectivity index (χ2n) is 3.88. The molecular weight excluding hydrogens is 198 g/mol. The van der Waals surface area contributed by atoms with Crippen LogP contribution in [-0.2, 0) is 4.74 Å². The van der Waals surface area contributed by atoms with E-state index in [1.165, 1.54) is 0 Å². The molecule has 1 aliphatic rings. The van der Waals surface area contributed by atoms with E-state index in [4.69, 9.17) is 21.6 Å². The maximum atomic E-state index is 8.99. The van der Waals surface area contributed by atoms with E-state index in [0.717, 1.165) is 23.4 Å². The molecule has 14 heavy (non-hydrogen) atoms. The van der Waals surface area contributed by atoms with Gasteiger partial charge in [-0.05, 0) is 38.3 Å². The van der Waals surface area contributed by atoms with Crippen LogP contribution in [-0.4, -0.2) is 7.11 Å². The predicted octanol–water partition coefficient (Wildman–Crippen LogP) is 3.35. The summed E-state index contributed by atoms with van der Waals surface area (Å²) in [6, 6.07) is 2.28. The lowest BCUT2D eigenvalue weighted by atomic mass is 9.81. The van der Waals surface area contributed by atoms with E-state index in [9.17, 15) is 0 Å². The molecule has 0 spiro atoms. The Balaban J connectivity index is 3.01. The lowest BCUT2D eigenvalue weighted by Gasteiger charge is -2.24. The van der Waals surface area contributed by atoms with Crippen LogP contribution >= 0.6 is 11.6 Å². The van der Waals surface area contributed by atoms with E-state index in [1.54, 1.807) is 7.11 Å². The molecule has 3 heteroatoms. The first-order valence-corrected chi connectivity index (χ1v) is 4.94. The Morgan fingerprint density at radius 1 is 1.50 bits per heavy atom. The molecular formula is C11H14ClNO. The van der Waals surface area contributed by atoms with Gasteiger partial charge in [-0.3, -0.25) is 0 Å². The molecule has 0 fully saturated rings. The molecule has 0 atom stereocenters. The number of methoxy groups -OCH3 is 1. The zero-order valence-electron chi connectivity index (χ0n) is 8.72. The molecule has 0 heterocycles. The predicted molar refractivity (Wildman–Crippen MR) is 56.6 cm³/mol. The van der Waals surface area contributed by atoms with Crippen LogP contribution in [0.4, 0.5) is 0 Å². The molecule has 0 aliphatic heterocycles. The van der Waals surface area contributed by atoms with Gasteiger partial charge in [0, 0.05) is 0 Å². The zero-order chi connectivity index (χ0) is 10.8. The molecule has 0 aromatic heterocycles. The van der Waals surface area contributed by atoms with Crippen molar-refractivity contribution in [3.8, 4) is 6.07 Å². The van der Waals surface area contributed by atoms with Crippen molar-refractivity contribution in [1.29, 1.82) is 5.26 Å². The van der Waals surface area contributed by atoms with E-state index in [1.807, 2.05) is 19.9 Å². The molecule has 0 saturated carbocycles. The number of nitrogens with zero attached hydrogens (tertiary/aromatic N) is 1. The largest absolute Gasteiger partial charge is 0.496 e. The summed E-state index contributed by atoms with van der Waals surface area (Å²) in [5.41, 5.74) is 0.655. The van der Waals surface area contributed by atoms with Gasteiger partial charge in [-0.15, -0.1) is 0 Å². The summed E-state index contributed by atoms with van der Waals surface area (Å²) < 4.78 is 5.14. The van der Waals surface area contributed by atoms with Crippen molar-refractivity contribution in [2.45, 2.75) is 26.7 Å². The third-order valence-corrected chi connectivity index (χ3v) is 2.86. The molecule has 0 saturated heterocycles. The zero-order valence-corrected chi connectivity index (χ0v) is 9.48. The van der Waals surface area contributed by atoms with E-state index >= 15 is 0 Å². The average molecular weight is 212 g/mol. The summed E-state index contributed by atoms with van der Waals surface area (Å²) >= 11 is 5.97. The maximum absolute atomic E-state index is 8.99. The third-order valence-electron chi connectivity index (χ3n) is 2.49. The summed E-state index contributed by atoms with van der Waals surface area (Å²) in [7, 11) is 1.59. The van der Waals surface area contributed by atoms with Crippen LogP contribution in [0.3, 0.4) is 0 Å². The maximum Gasteiger partial charge on any atom is 0.133 e. The van der Waals surface area contributed by atoms with Crippen LogP contribution in [0.5, 0.6) is 0 Å². The van der Waals surface area contributed by atoms with Gasteiger partial charge >= 0.3 is 0 Å². The Kier molecular flexibility index (Phi) is 3.23. The fourth-order valence-corrected chi connectivity index (χ4v) is 1.64. The van der Waals surface area contributed by atoms with Crippen LogP contribution in [0, 0.1) is 16.7 Å². The Bertz CT molecular complexity index is 334. The van der Waals surface area contributed by atoms with Crippen molar-refractivity contribution in [2.75, 3.05) is 7.11 Å². The van der Waals surface area contributed by atoms with Gasteiger partial charge in [-0.25, -0.2) is 0 Å². The summed E-state index contributed by atoms with van der Waals surface area (Å²) in [6.07, 6.45) is 3.49. The van der Waals surface area contributed by atoms with Crippen molar-refractivity contribution in [3.63, 3.8) is 0 Å². The molecule has 0 aromatic carbocycles. The van der Waals surface area contributed by atoms with E-state index in [0.29, 0.717) is 5.76 Å². The second kappa shape index (κ2) is 4.06. The van der Waals surface area contributed by atoms with Crippen LogP contribution in [0.1, 0.15) is 26.7 Å². The monoisotopic (exact) mass is 211 g/mol. The Hall–Kier alpha value is -0.940. The minimum absolute atomic E-state index is 0.429.